The van der Waals surface area contributed by atoms with Gasteiger partial charge in [-0.05, 0) is 43.7 Å². The van der Waals surface area contributed by atoms with Crippen LogP contribution in [0.5, 0.6) is 17.2 Å². The Bertz CT molecular complexity index is 1220. The SMILES string of the molecule is CC(C)(F)COc1cc(F)c2c(c1)[C@]1(C=C(N)NC1)c1cc(-c3cncnc3)ccc1O2. The first-order valence-electron chi connectivity index (χ1n) is 10.2. The average molecular weight is 436 g/mol. The van der Waals surface area contributed by atoms with Gasteiger partial charge in [0.15, 0.2) is 11.6 Å². The second kappa shape index (κ2) is 7.19. The number of halogens is 2. The smallest absolute Gasteiger partial charge is 0.169 e. The van der Waals surface area contributed by atoms with Gasteiger partial charge in [0.2, 0.25) is 0 Å². The van der Waals surface area contributed by atoms with Crippen molar-refractivity contribution < 1.29 is 18.3 Å². The minimum Gasteiger partial charge on any atom is -0.490 e. The highest BCUT2D eigenvalue weighted by Gasteiger charge is 2.45. The molecular weight excluding hydrogens is 414 g/mol. The van der Waals surface area contributed by atoms with Crippen molar-refractivity contribution in [3.63, 3.8) is 0 Å². The molecule has 0 radical (unpaired) electrons. The van der Waals surface area contributed by atoms with Crippen LogP contribution in [0.1, 0.15) is 25.0 Å². The van der Waals surface area contributed by atoms with Crippen LogP contribution in [0, 0.1) is 5.82 Å². The summed E-state index contributed by atoms with van der Waals surface area (Å²) < 4.78 is 40.7. The molecule has 6 nitrogen and oxygen atoms in total. The van der Waals surface area contributed by atoms with E-state index in [1.165, 1.54) is 26.2 Å². The van der Waals surface area contributed by atoms with E-state index in [0.717, 1.165) is 16.7 Å². The number of aromatic nitrogens is 2. The summed E-state index contributed by atoms with van der Waals surface area (Å²) in [6.45, 7) is 3.02. The molecule has 3 heterocycles. The van der Waals surface area contributed by atoms with Crippen molar-refractivity contribution in [1.29, 1.82) is 0 Å². The summed E-state index contributed by atoms with van der Waals surface area (Å²) in [4.78, 5) is 8.18. The van der Waals surface area contributed by atoms with Crippen LogP contribution in [-0.2, 0) is 5.41 Å². The summed E-state index contributed by atoms with van der Waals surface area (Å²) in [5.41, 5.74) is 6.88. The predicted molar refractivity (Wildman–Crippen MR) is 116 cm³/mol. The molecule has 0 saturated carbocycles. The third kappa shape index (κ3) is 3.41. The van der Waals surface area contributed by atoms with Gasteiger partial charge in [0.25, 0.3) is 0 Å². The van der Waals surface area contributed by atoms with E-state index >= 15 is 4.39 Å². The molecule has 2 aromatic carbocycles. The van der Waals surface area contributed by atoms with Crippen molar-refractivity contribution >= 4 is 0 Å². The average Bonchev–Trinajstić information content (AvgIpc) is 3.15. The van der Waals surface area contributed by atoms with E-state index in [-0.39, 0.29) is 18.1 Å². The molecule has 2 aliphatic heterocycles. The normalized spacial score (nSPS) is 18.9. The maximum Gasteiger partial charge on any atom is 0.169 e. The molecule has 8 heteroatoms. The van der Waals surface area contributed by atoms with Crippen LogP contribution in [0.3, 0.4) is 0 Å². The zero-order valence-electron chi connectivity index (χ0n) is 17.7. The topological polar surface area (TPSA) is 82.3 Å². The van der Waals surface area contributed by atoms with Crippen molar-refractivity contribution in [1.82, 2.24) is 15.3 Å². The highest BCUT2D eigenvalue weighted by Crippen LogP contribution is 2.53. The lowest BCUT2D eigenvalue weighted by Gasteiger charge is -2.36. The molecule has 0 aliphatic carbocycles. The standard InChI is InChI=1S/C24H22F2N4O2/c1-23(2,26)12-31-16-6-18-22(19(25)7-16)32-20-4-3-14(15-9-28-13-29-10-15)5-17(20)24(18)8-21(27)30-11-24/h3-10,13,30H,11-12,27H2,1-2H3/t24-/m0/s1. The van der Waals surface area contributed by atoms with Gasteiger partial charge >= 0.3 is 0 Å². The largest absolute Gasteiger partial charge is 0.490 e. The Morgan fingerprint density at radius 2 is 1.94 bits per heavy atom. The molecule has 5 rings (SSSR count). The molecule has 32 heavy (non-hydrogen) atoms. The first kappa shape index (κ1) is 20.2. The summed E-state index contributed by atoms with van der Waals surface area (Å²) in [6, 6.07) is 8.57. The molecule has 2 aliphatic rings. The van der Waals surface area contributed by atoms with Crippen molar-refractivity contribution in [3.05, 3.63) is 77.9 Å². The molecule has 1 aromatic heterocycles. The van der Waals surface area contributed by atoms with E-state index in [1.54, 1.807) is 24.5 Å². The van der Waals surface area contributed by atoms with Crippen molar-refractivity contribution in [2.45, 2.75) is 24.9 Å². The minimum absolute atomic E-state index is 0.105. The van der Waals surface area contributed by atoms with Crippen LogP contribution in [0.15, 0.2) is 60.9 Å². The van der Waals surface area contributed by atoms with Gasteiger partial charge in [-0.2, -0.15) is 0 Å². The second-order valence-corrected chi connectivity index (χ2v) is 8.65. The highest BCUT2D eigenvalue weighted by atomic mass is 19.1. The number of nitrogens with zero attached hydrogens (tertiary/aromatic N) is 2. The summed E-state index contributed by atoms with van der Waals surface area (Å²) in [5, 5.41) is 3.15. The maximum atomic E-state index is 15.1. The van der Waals surface area contributed by atoms with Gasteiger partial charge in [-0.15, -0.1) is 0 Å². The van der Waals surface area contributed by atoms with E-state index in [4.69, 9.17) is 15.2 Å². The first-order valence-corrected chi connectivity index (χ1v) is 10.2. The van der Waals surface area contributed by atoms with E-state index in [2.05, 4.69) is 15.3 Å². The Balaban J connectivity index is 1.66. The van der Waals surface area contributed by atoms with Gasteiger partial charge in [-0.25, -0.2) is 18.7 Å². The Labute approximate surface area is 184 Å². The van der Waals surface area contributed by atoms with Crippen LogP contribution in [0.4, 0.5) is 8.78 Å². The second-order valence-electron chi connectivity index (χ2n) is 8.65. The fourth-order valence-corrected chi connectivity index (χ4v) is 4.15. The van der Waals surface area contributed by atoms with E-state index in [1.807, 2.05) is 18.2 Å². The Kier molecular flexibility index (Phi) is 4.54. The molecule has 0 unspecified atom stereocenters. The summed E-state index contributed by atoms with van der Waals surface area (Å²) >= 11 is 0. The molecule has 0 fully saturated rings. The lowest BCUT2D eigenvalue weighted by molar-refractivity contribution is 0.120. The monoisotopic (exact) mass is 436 g/mol. The molecule has 1 atom stereocenters. The summed E-state index contributed by atoms with van der Waals surface area (Å²) in [7, 11) is 0. The Morgan fingerprint density at radius 3 is 2.62 bits per heavy atom. The lowest BCUT2D eigenvalue weighted by Crippen LogP contribution is -2.34. The number of ether oxygens (including phenoxy) is 2. The van der Waals surface area contributed by atoms with Gasteiger partial charge in [0.05, 0.1) is 11.2 Å². The predicted octanol–water partition coefficient (Wildman–Crippen LogP) is 4.20. The fourth-order valence-electron chi connectivity index (χ4n) is 4.15. The van der Waals surface area contributed by atoms with Crippen molar-refractivity contribution in [3.8, 4) is 28.4 Å². The third-order valence-corrected chi connectivity index (χ3v) is 5.62. The van der Waals surface area contributed by atoms with Crippen LogP contribution in [-0.4, -0.2) is 28.8 Å². The number of benzene rings is 2. The number of fused-ring (bicyclic) bond motifs is 4. The summed E-state index contributed by atoms with van der Waals surface area (Å²) in [6.07, 6.45) is 6.78. The third-order valence-electron chi connectivity index (χ3n) is 5.62. The van der Waals surface area contributed by atoms with E-state index in [9.17, 15) is 4.39 Å². The van der Waals surface area contributed by atoms with Crippen molar-refractivity contribution in [2.24, 2.45) is 5.73 Å². The van der Waals surface area contributed by atoms with Gasteiger partial charge < -0.3 is 20.5 Å². The van der Waals surface area contributed by atoms with Crippen LogP contribution in [0.25, 0.3) is 11.1 Å². The van der Waals surface area contributed by atoms with Gasteiger partial charge in [-0.1, -0.05) is 6.07 Å². The number of nitrogens with one attached hydrogen (secondary N) is 1. The van der Waals surface area contributed by atoms with Gasteiger partial charge in [0, 0.05) is 41.7 Å². The van der Waals surface area contributed by atoms with Gasteiger partial charge in [0.1, 0.15) is 30.1 Å². The molecule has 0 saturated heterocycles. The number of rotatable bonds is 4. The Hall–Kier alpha value is -3.68. The zero-order valence-corrected chi connectivity index (χ0v) is 17.7. The van der Waals surface area contributed by atoms with E-state index in [0.29, 0.717) is 23.7 Å². The summed E-state index contributed by atoms with van der Waals surface area (Å²) in [5.74, 6) is 0.758. The van der Waals surface area contributed by atoms with Gasteiger partial charge in [-0.3, -0.25) is 0 Å². The highest BCUT2D eigenvalue weighted by molar-refractivity contribution is 5.70. The number of hydrogen-bond donors (Lipinski definition) is 2. The number of hydrogen-bond acceptors (Lipinski definition) is 6. The molecule has 164 valence electrons. The lowest BCUT2D eigenvalue weighted by atomic mass is 9.72. The number of nitrogens with two attached hydrogens (primary N) is 1. The maximum absolute atomic E-state index is 15.1. The molecule has 0 bridgehead atoms. The molecule has 3 aromatic rings. The van der Waals surface area contributed by atoms with Crippen LogP contribution < -0.4 is 20.5 Å². The zero-order chi connectivity index (χ0) is 22.5. The number of alkyl halides is 1. The first-order chi connectivity index (χ1) is 15.2. The molecule has 3 N–H and O–H groups in total. The molecular formula is C24H22F2N4O2. The Morgan fingerprint density at radius 1 is 1.16 bits per heavy atom. The minimum atomic E-state index is -1.56. The van der Waals surface area contributed by atoms with Crippen LogP contribution in [0.2, 0.25) is 0 Å². The van der Waals surface area contributed by atoms with Crippen LogP contribution >= 0.6 is 0 Å². The fraction of sp³-hybridized carbons (Fsp3) is 0.250. The quantitative estimate of drug-likeness (QED) is 0.638. The molecule has 1 spiro atoms. The molecule has 0 amide bonds. The van der Waals surface area contributed by atoms with Crippen molar-refractivity contribution in [2.75, 3.05) is 13.2 Å². The van der Waals surface area contributed by atoms with E-state index < -0.39 is 16.9 Å².